The van der Waals surface area contributed by atoms with E-state index in [1.807, 2.05) is 39.0 Å². The highest BCUT2D eigenvalue weighted by Crippen LogP contribution is 2.39. The molecule has 2 unspecified atom stereocenters. The predicted octanol–water partition coefficient (Wildman–Crippen LogP) is 15.1. The minimum atomic E-state index is -4.56. The normalized spacial score (nSPS) is 16.6. The number of halogens is 13. The number of ether oxygens (including phenoxy) is 2. The van der Waals surface area contributed by atoms with Crippen LogP contribution in [0.4, 0.5) is 67.1 Å². The number of alkyl halides is 9. The molecule has 7 rings (SSSR count). The maximum absolute atomic E-state index is 14.3. The van der Waals surface area contributed by atoms with Crippen LogP contribution in [-0.4, -0.2) is 89.3 Å². The van der Waals surface area contributed by atoms with Crippen molar-refractivity contribution in [3.05, 3.63) is 171 Å². The van der Waals surface area contributed by atoms with Crippen molar-refractivity contribution in [1.29, 1.82) is 0 Å². The Labute approximate surface area is 428 Å². The summed E-state index contributed by atoms with van der Waals surface area (Å²) in [6, 6.07) is 15.5. The Balaban J connectivity index is 0.000000227. The zero-order valence-electron chi connectivity index (χ0n) is 41.2. The number of carbonyl (C=O) groups excluding carboxylic acids is 3. The minimum absolute atomic E-state index is 0.0349. The SMILES string of the molecule is CC(C)(C)OC(=O)N1C=CC(c2cc(C(F)(F)F)ccc2F)C1.CC(C)(C)OC(=O)N1CC=CC1.CN(C)C(=O)N1CC(c2cc(C(F)(F)F)ccc2F)C=C1c1ccccc1.Fc1ccc(C(F)(F)F)cc1Br. The molecule has 0 radical (unpaired) electrons. The molecule has 2 atom stereocenters. The summed E-state index contributed by atoms with van der Waals surface area (Å²) < 4.78 is 164. The third kappa shape index (κ3) is 17.6. The molecule has 9 nitrogen and oxygen atoms in total. The molecule has 0 fully saturated rings. The van der Waals surface area contributed by atoms with E-state index >= 15 is 0 Å². The fraction of sp³-hybridized carbons (Fsp3) is 0.365. The van der Waals surface area contributed by atoms with Crippen LogP contribution < -0.4 is 0 Å². The summed E-state index contributed by atoms with van der Waals surface area (Å²) in [5.74, 6) is -3.49. The van der Waals surface area contributed by atoms with Crippen LogP contribution in [0.1, 0.15) is 86.8 Å². The Morgan fingerprint density at radius 1 is 0.595 bits per heavy atom. The van der Waals surface area contributed by atoms with Crippen molar-refractivity contribution in [2.75, 3.05) is 40.3 Å². The fourth-order valence-corrected chi connectivity index (χ4v) is 7.31. The number of hydrogen-bond acceptors (Lipinski definition) is 5. The molecular weight excluding hydrogens is 1070 g/mol. The first-order valence-electron chi connectivity index (χ1n) is 22.4. The van der Waals surface area contributed by atoms with E-state index in [1.165, 1.54) is 27.0 Å². The van der Waals surface area contributed by atoms with Crippen LogP contribution in [-0.2, 0) is 28.0 Å². The van der Waals surface area contributed by atoms with E-state index in [0.29, 0.717) is 37.0 Å². The van der Waals surface area contributed by atoms with Crippen molar-refractivity contribution in [3.8, 4) is 0 Å². The Morgan fingerprint density at radius 3 is 1.49 bits per heavy atom. The van der Waals surface area contributed by atoms with E-state index < -0.39 is 76.2 Å². The zero-order valence-corrected chi connectivity index (χ0v) is 42.8. The second-order valence-electron chi connectivity index (χ2n) is 18.8. The molecule has 3 aliphatic heterocycles. The highest BCUT2D eigenvalue weighted by atomic mass is 79.9. The number of carbonyl (C=O) groups is 3. The quantitative estimate of drug-likeness (QED) is 0.151. The summed E-state index contributed by atoms with van der Waals surface area (Å²) in [7, 11) is 3.17. The van der Waals surface area contributed by atoms with Crippen molar-refractivity contribution in [2.24, 2.45) is 0 Å². The van der Waals surface area contributed by atoms with Gasteiger partial charge in [0.15, 0.2) is 0 Å². The molecule has 22 heteroatoms. The van der Waals surface area contributed by atoms with Gasteiger partial charge in [-0.15, -0.1) is 0 Å². The van der Waals surface area contributed by atoms with Gasteiger partial charge in [-0.25, -0.2) is 27.6 Å². The van der Waals surface area contributed by atoms with Gasteiger partial charge in [0.05, 0.1) is 21.2 Å². The third-order valence-corrected chi connectivity index (χ3v) is 11.0. The summed E-state index contributed by atoms with van der Waals surface area (Å²) in [5, 5.41) is 0. The van der Waals surface area contributed by atoms with Crippen LogP contribution in [0.3, 0.4) is 0 Å². The van der Waals surface area contributed by atoms with E-state index in [9.17, 15) is 67.1 Å². The van der Waals surface area contributed by atoms with Crippen molar-refractivity contribution in [2.45, 2.75) is 83.1 Å². The van der Waals surface area contributed by atoms with Crippen molar-refractivity contribution in [3.63, 3.8) is 0 Å². The summed E-state index contributed by atoms with van der Waals surface area (Å²) in [5.41, 5.74) is -2.66. The minimum Gasteiger partial charge on any atom is -0.444 e. The Kier molecular flexibility index (Phi) is 19.7. The second-order valence-corrected chi connectivity index (χ2v) is 19.7. The first-order chi connectivity index (χ1) is 34.1. The highest BCUT2D eigenvalue weighted by molar-refractivity contribution is 9.10. The van der Waals surface area contributed by atoms with E-state index in [2.05, 4.69) is 15.9 Å². The lowest BCUT2D eigenvalue weighted by atomic mass is 9.97. The molecule has 3 aliphatic rings. The van der Waals surface area contributed by atoms with E-state index in [-0.39, 0.29) is 46.4 Å². The van der Waals surface area contributed by atoms with Gasteiger partial charge in [0, 0.05) is 64.0 Å². The molecule has 0 spiro atoms. The standard InChI is InChI=1S/C20H18F4N2O.C16H17F4NO2.C9H15NO2.C7H3BrF4/c1-25(2)19(27)26-12-14(10-18(26)13-6-4-3-5-7-13)16-11-15(20(22,23)24)8-9-17(16)21;1-15(2,3)23-14(22)21-7-6-10(9-21)12-8-11(16(18,19)20)4-5-13(12)17;1-9(2,3)12-8(11)10-6-4-5-7-10;8-5-3-4(7(10,11)12)1-2-6(5)9/h3-11,14H,12H2,1-2H3;4-8,10H,9H2,1-3H3;4-5H,6-7H2,1-3H3;1-3H. The molecule has 4 amide bonds. The first kappa shape index (κ1) is 60.1. The molecule has 4 aromatic carbocycles. The molecule has 4 aromatic rings. The Bertz CT molecular complexity index is 2690. The molecule has 74 heavy (non-hydrogen) atoms. The van der Waals surface area contributed by atoms with Crippen LogP contribution in [0.2, 0.25) is 0 Å². The van der Waals surface area contributed by atoms with E-state index in [1.54, 1.807) is 70.1 Å². The Morgan fingerprint density at radius 2 is 1.04 bits per heavy atom. The van der Waals surface area contributed by atoms with Crippen LogP contribution in [0.5, 0.6) is 0 Å². The summed E-state index contributed by atoms with van der Waals surface area (Å²) >= 11 is 2.66. The zero-order chi connectivity index (χ0) is 55.7. The largest absolute Gasteiger partial charge is 0.444 e. The molecule has 0 N–H and O–H groups in total. The smallest absolute Gasteiger partial charge is 0.416 e. The molecular formula is C52H53BrF12N4O5. The monoisotopic (exact) mass is 1120 g/mol. The summed E-state index contributed by atoms with van der Waals surface area (Å²) in [6.45, 7) is 12.2. The predicted molar refractivity (Wildman–Crippen MR) is 257 cm³/mol. The van der Waals surface area contributed by atoms with Crippen molar-refractivity contribution >= 4 is 39.8 Å². The second kappa shape index (κ2) is 24.3. The molecule has 0 saturated heterocycles. The number of amides is 4. The lowest BCUT2D eigenvalue weighted by Gasteiger charge is -2.25. The van der Waals surface area contributed by atoms with Gasteiger partial charge >= 0.3 is 36.7 Å². The average Bonchev–Trinajstić information content (AvgIpc) is 4.09. The number of nitrogens with zero attached hydrogens (tertiary/aromatic N) is 4. The third-order valence-electron chi connectivity index (χ3n) is 10.4. The average molecular weight is 1120 g/mol. The lowest BCUT2D eigenvalue weighted by Crippen LogP contribution is -2.37. The van der Waals surface area contributed by atoms with Crippen LogP contribution in [0.15, 0.2) is 120 Å². The van der Waals surface area contributed by atoms with Gasteiger partial charge in [0.25, 0.3) is 0 Å². The molecule has 0 aliphatic carbocycles. The van der Waals surface area contributed by atoms with Gasteiger partial charge in [-0.3, -0.25) is 9.80 Å². The van der Waals surface area contributed by atoms with Gasteiger partial charge < -0.3 is 19.3 Å². The molecule has 0 aromatic heterocycles. The van der Waals surface area contributed by atoms with Gasteiger partial charge in [-0.05, 0) is 129 Å². The van der Waals surface area contributed by atoms with Crippen LogP contribution >= 0.6 is 15.9 Å². The van der Waals surface area contributed by atoms with Gasteiger partial charge in [0.2, 0.25) is 0 Å². The first-order valence-corrected chi connectivity index (χ1v) is 23.2. The van der Waals surface area contributed by atoms with Crippen LogP contribution in [0, 0.1) is 17.5 Å². The highest BCUT2D eigenvalue weighted by Gasteiger charge is 2.37. The van der Waals surface area contributed by atoms with Gasteiger partial charge in [-0.2, -0.15) is 39.5 Å². The Hall–Kier alpha value is -6.45. The topological polar surface area (TPSA) is 82.6 Å². The maximum Gasteiger partial charge on any atom is 0.416 e. The molecule has 3 heterocycles. The number of urea groups is 1. The van der Waals surface area contributed by atoms with Crippen molar-refractivity contribution < 1.29 is 76.5 Å². The number of rotatable bonds is 3. The van der Waals surface area contributed by atoms with Gasteiger partial charge in [-0.1, -0.05) is 54.6 Å². The summed E-state index contributed by atoms with van der Waals surface area (Å²) in [4.78, 5) is 41.5. The van der Waals surface area contributed by atoms with Gasteiger partial charge in [0.1, 0.15) is 28.7 Å². The van der Waals surface area contributed by atoms with Crippen LogP contribution in [0.25, 0.3) is 5.70 Å². The fourth-order valence-electron chi connectivity index (χ4n) is 6.93. The summed E-state index contributed by atoms with van der Waals surface area (Å²) in [6.07, 6.45) is -5.92. The maximum atomic E-state index is 14.3. The number of hydrogen-bond donors (Lipinski definition) is 0. The van der Waals surface area contributed by atoms with E-state index in [0.717, 1.165) is 42.0 Å². The number of benzene rings is 4. The van der Waals surface area contributed by atoms with Crippen molar-refractivity contribution in [1.82, 2.24) is 19.6 Å². The molecule has 0 bridgehead atoms. The molecule has 0 saturated carbocycles. The molecule has 402 valence electrons. The lowest BCUT2D eigenvalue weighted by molar-refractivity contribution is -0.138. The van der Waals surface area contributed by atoms with E-state index in [4.69, 9.17) is 9.47 Å².